The molecular formula is C14H25N3O2. The molecule has 0 spiro atoms. The van der Waals surface area contributed by atoms with Crippen LogP contribution in [0.1, 0.15) is 38.0 Å². The van der Waals surface area contributed by atoms with Crippen LogP contribution in [0.25, 0.3) is 0 Å². The third kappa shape index (κ3) is 5.44. The summed E-state index contributed by atoms with van der Waals surface area (Å²) in [6.07, 6.45) is 3.90. The van der Waals surface area contributed by atoms with Gasteiger partial charge in [-0.3, -0.25) is 9.69 Å². The molecule has 0 radical (unpaired) electrons. The smallest absolute Gasteiger partial charge is 0.221 e. The molecular weight excluding hydrogens is 242 g/mol. The first kappa shape index (κ1) is 15.7. The first-order valence-electron chi connectivity index (χ1n) is 6.76. The Balaban J connectivity index is 2.42. The predicted octanol–water partition coefficient (Wildman–Crippen LogP) is 1.52. The summed E-state index contributed by atoms with van der Waals surface area (Å²) in [5.41, 5.74) is 5.86. The van der Waals surface area contributed by atoms with Crippen molar-refractivity contribution < 1.29 is 9.21 Å². The van der Waals surface area contributed by atoms with Gasteiger partial charge in [0.25, 0.3) is 0 Å². The van der Waals surface area contributed by atoms with Gasteiger partial charge >= 0.3 is 0 Å². The van der Waals surface area contributed by atoms with E-state index < -0.39 is 0 Å². The van der Waals surface area contributed by atoms with E-state index in [1.807, 2.05) is 31.1 Å². The number of nitrogens with two attached hydrogens (primary N) is 1. The third-order valence-corrected chi connectivity index (χ3v) is 3.09. The van der Waals surface area contributed by atoms with E-state index in [1.54, 1.807) is 6.26 Å². The Morgan fingerprint density at radius 1 is 1.53 bits per heavy atom. The molecule has 0 aliphatic rings. The number of carbonyl (C=O) groups excluding carboxylic acids is 1. The minimum Gasteiger partial charge on any atom is -0.468 e. The molecule has 1 amide bonds. The molecule has 19 heavy (non-hydrogen) atoms. The van der Waals surface area contributed by atoms with Crippen LogP contribution in [0, 0.1) is 0 Å². The molecule has 1 aromatic heterocycles. The molecule has 0 aliphatic carbocycles. The minimum atomic E-state index is -0.0496. The van der Waals surface area contributed by atoms with E-state index in [4.69, 9.17) is 10.2 Å². The van der Waals surface area contributed by atoms with Crippen LogP contribution in [-0.2, 0) is 4.79 Å². The second kappa shape index (κ2) is 7.96. The van der Waals surface area contributed by atoms with Crippen molar-refractivity contribution in [3.05, 3.63) is 24.2 Å². The SMILES string of the molecule is CCCC(N)CC(=O)NCC(c1ccco1)N(C)C. The zero-order valence-corrected chi connectivity index (χ0v) is 12.1. The molecule has 5 nitrogen and oxygen atoms in total. The van der Waals surface area contributed by atoms with Gasteiger partial charge in [-0.1, -0.05) is 13.3 Å². The maximum absolute atomic E-state index is 11.8. The van der Waals surface area contributed by atoms with Crippen LogP contribution in [0.2, 0.25) is 0 Å². The van der Waals surface area contributed by atoms with E-state index in [2.05, 4.69) is 12.2 Å². The maximum atomic E-state index is 11.8. The fourth-order valence-corrected chi connectivity index (χ4v) is 2.01. The van der Waals surface area contributed by atoms with Gasteiger partial charge in [-0.15, -0.1) is 0 Å². The molecule has 108 valence electrons. The summed E-state index contributed by atoms with van der Waals surface area (Å²) < 4.78 is 5.39. The van der Waals surface area contributed by atoms with Crippen molar-refractivity contribution in [2.75, 3.05) is 20.6 Å². The highest BCUT2D eigenvalue weighted by molar-refractivity contribution is 5.76. The summed E-state index contributed by atoms with van der Waals surface area (Å²) in [7, 11) is 3.92. The maximum Gasteiger partial charge on any atom is 0.221 e. The summed E-state index contributed by atoms with van der Waals surface area (Å²) >= 11 is 0. The lowest BCUT2D eigenvalue weighted by atomic mass is 10.1. The number of likely N-dealkylation sites (N-methyl/N-ethyl adjacent to an activating group) is 1. The van der Waals surface area contributed by atoms with Crippen molar-refractivity contribution in [2.45, 2.75) is 38.3 Å². The number of nitrogens with zero attached hydrogens (tertiary/aromatic N) is 1. The highest BCUT2D eigenvalue weighted by Gasteiger charge is 2.18. The molecule has 1 aromatic rings. The van der Waals surface area contributed by atoms with Crippen molar-refractivity contribution in [1.29, 1.82) is 0 Å². The molecule has 0 aromatic carbocycles. The quantitative estimate of drug-likeness (QED) is 0.749. The Hall–Kier alpha value is -1.33. The Kier molecular flexibility index (Phi) is 6.59. The Morgan fingerprint density at radius 2 is 2.26 bits per heavy atom. The van der Waals surface area contributed by atoms with Gasteiger partial charge in [0, 0.05) is 19.0 Å². The van der Waals surface area contributed by atoms with Crippen LogP contribution in [0.4, 0.5) is 0 Å². The van der Waals surface area contributed by atoms with E-state index in [0.29, 0.717) is 13.0 Å². The van der Waals surface area contributed by atoms with Gasteiger partial charge in [-0.05, 0) is 32.6 Å². The molecule has 2 unspecified atom stereocenters. The number of hydrogen-bond donors (Lipinski definition) is 2. The Labute approximate surface area is 115 Å². The molecule has 3 N–H and O–H groups in total. The van der Waals surface area contributed by atoms with Crippen LogP contribution >= 0.6 is 0 Å². The van der Waals surface area contributed by atoms with Crippen LogP contribution in [0.5, 0.6) is 0 Å². The molecule has 0 saturated heterocycles. The fraction of sp³-hybridized carbons (Fsp3) is 0.643. The van der Waals surface area contributed by atoms with Gasteiger partial charge in [0.1, 0.15) is 5.76 Å². The second-order valence-electron chi connectivity index (χ2n) is 5.05. The molecule has 0 fully saturated rings. The van der Waals surface area contributed by atoms with Gasteiger partial charge in [-0.2, -0.15) is 0 Å². The van der Waals surface area contributed by atoms with Crippen molar-refractivity contribution in [2.24, 2.45) is 5.73 Å². The van der Waals surface area contributed by atoms with Crippen LogP contribution in [-0.4, -0.2) is 37.5 Å². The summed E-state index contributed by atoms with van der Waals surface area (Å²) in [4.78, 5) is 13.8. The van der Waals surface area contributed by atoms with Gasteiger partial charge in [-0.25, -0.2) is 0 Å². The van der Waals surface area contributed by atoms with E-state index >= 15 is 0 Å². The zero-order valence-electron chi connectivity index (χ0n) is 12.1. The van der Waals surface area contributed by atoms with Gasteiger partial charge in [0.05, 0.1) is 12.3 Å². The highest BCUT2D eigenvalue weighted by Crippen LogP contribution is 2.17. The second-order valence-corrected chi connectivity index (χ2v) is 5.05. The summed E-state index contributed by atoms with van der Waals surface area (Å²) in [5, 5.41) is 2.92. The molecule has 0 bridgehead atoms. The lowest BCUT2D eigenvalue weighted by molar-refractivity contribution is -0.121. The van der Waals surface area contributed by atoms with Crippen LogP contribution < -0.4 is 11.1 Å². The van der Waals surface area contributed by atoms with Crippen LogP contribution in [0.15, 0.2) is 22.8 Å². The number of hydrogen-bond acceptors (Lipinski definition) is 4. The fourth-order valence-electron chi connectivity index (χ4n) is 2.01. The van der Waals surface area contributed by atoms with E-state index in [0.717, 1.165) is 18.6 Å². The Morgan fingerprint density at radius 3 is 2.79 bits per heavy atom. The standard InChI is InChI=1S/C14H25N3O2/c1-4-6-11(15)9-14(18)16-10-12(17(2)3)13-7-5-8-19-13/h5,7-8,11-12H,4,6,9-10,15H2,1-3H3,(H,16,18). The lowest BCUT2D eigenvalue weighted by Gasteiger charge is -2.23. The van der Waals surface area contributed by atoms with Crippen molar-refractivity contribution >= 4 is 5.91 Å². The number of amides is 1. The minimum absolute atomic E-state index is 0.000596. The van der Waals surface area contributed by atoms with E-state index in [9.17, 15) is 4.79 Å². The number of carbonyl (C=O) groups is 1. The van der Waals surface area contributed by atoms with Crippen LogP contribution in [0.3, 0.4) is 0 Å². The molecule has 2 atom stereocenters. The summed E-state index contributed by atoms with van der Waals surface area (Å²) in [6, 6.07) is 3.76. The van der Waals surface area contributed by atoms with Crippen molar-refractivity contribution in [3.63, 3.8) is 0 Å². The third-order valence-electron chi connectivity index (χ3n) is 3.09. The van der Waals surface area contributed by atoms with Gasteiger partial charge in [0.2, 0.25) is 5.91 Å². The number of rotatable bonds is 8. The molecule has 1 rings (SSSR count). The van der Waals surface area contributed by atoms with E-state index in [1.165, 1.54) is 0 Å². The molecule has 1 heterocycles. The first-order valence-corrected chi connectivity index (χ1v) is 6.76. The average molecular weight is 267 g/mol. The van der Waals surface area contributed by atoms with E-state index in [-0.39, 0.29) is 18.0 Å². The summed E-state index contributed by atoms with van der Waals surface area (Å²) in [5.74, 6) is 0.850. The Bertz CT molecular complexity index is 363. The normalized spacial score (nSPS) is 14.4. The topological polar surface area (TPSA) is 71.5 Å². The molecule has 0 aliphatic heterocycles. The predicted molar refractivity (Wildman–Crippen MR) is 75.6 cm³/mol. The highest BCUT2D eigenvalue weighted by atomic mass is 16.3. The largest absolute Gasteiger partial charge is 0.468 e. The molecule has 0 saturated carbocycles. The van der Waals surface area contributed by atoms with Gasteiger partial charge < -0.3 is 15.5 Å². The summed E-state index contributed by atoms with van der Waals surface area (Å²) in [6.45, 7) is 2.59. The monoisotopic (exact) mass is 267 g/mol. The average Bonchev–Trinajstić information content (AvgIpc) is 2.82. The first-order chi connectivity index (χ1) is 9.04. The van der Waals surface area contributed by atoms with Crippen molar-refractivity contribution in [1.82, 2.24) is 10.2 Å². The lowest BCUT2D eigenvalue weighted by Crippen LogP contribution is -2.37. The number of nitrogens with one attached hydrogen (secondary N) is 1. The molecule has 5 heteroatoms. The zero-order chi connectivity index (χ0) is 14.3. The van der Waals surface area contributed by atoms with Gasteiger partial charge in [0.15, 0.2) is 0 Å². The van der Waals surface area contributed by atoms with Crippen molar-refractivity contribution in [3.8, 4) is 0 Å². The number of furan rings is 1.